The normalized spacial score (nSPS) is 18.7. The molecule has 1 fully saturated rings. The van der Waals surface area contributed by atoms with Crippen molar-refractivity contribution in [3.63, 3.8) is 0 Å². The molecule has 34 heavy (non-hydrogen) atoms. The van der Waals surface area contributed by atoms with E-state index in [0.29, 0.717) is 16.6 Å². The molecule has 0 N–H and O–H groups in total. The minimum absolute atomic E-state index is 0.0121. The lowest BCUT2D eigenvalue weighted by Gasteiger charge is -2.19. The average Bonchev–Trinajstić information content (AvgIpc) is 3.37. The molecule has 2 aliphatic heterocycles. The fraction of sp³-hybridized carbons (Fsp3) is 0.185. The molecular weight excluding hydrogens is 462 g/mol. The molecule has 0 bridgehead atoms. The number of methoxy groups -OCH3 is 1. The number of anilines is 1. The Hall–Kier alpha value is -3.16. The van der Waals surface area contributed by atoms with E-state index in [1.165, 1.54) is 11.8 Å². The Morgan fingerprint density at radius 3 is 2.44 bits per heavy atom. The van der Waals surface area contributed by atoms with Gasteiger partial charge < -0.3 is 9.64 Å². The van der Waals surface area contributed by atoms with Crippen molar-refractivity contribution in [1.82, 2.24) is 4.90 Å². The predicted molar refractivity (Wildman–Crippen MR) is 142 cm³/mol. The quantitative estimate of drug-likeness (QED) is 0.381. The second kappa shape index (κ2) is 9.60. The van der Waals surface area contributed by atoms with Crippen molar-refractivity contribution >= 4 is 46.0 Å². The molecule has 0 aliphatic carbocycles. The number of rotatable bonds is 5. The molecule has 0 atom stereocenters. The summed E-state index contributed by atoms with van der Waals surface area (Å²) in [5.74, 6) is 0.795. The first-order chi connectivity index (χ1) is 16.6. The van der Waals surface area contributed by atoms with E-state index < -0.39 is 0 Å². The third kappa shape index (κ3) is 4.21. The third-order valence-electron chi connectivity index (χ3n) is 5.80. The smallest absolute Gasteiger partial charge is 0.269 e. The summed E-state index contributed by atoms with van der Waals surface area (Å²) in [5, 5.41) is 1.66. The number of fused-ring (bicyclic) bond motifs is 1. The van der Waals surface area contributed by atoms with E-state index in [2.05, 4.69) is 17.9 Å². The van der Waals surface area contributed by atoms with Gasteiger partial charge >= 0.3 is 0 Å². The zero-order valence-electron chi connectivity index (χ0n) is 19.3. The van der Waals surface area contributed by atoms with Gasteiger partial charge in [-0.2, -0.15) is 0 Å². The van der Waals surface area contributed by atoms with Crippen LogP contribution in [0.15, 0.2) is 92.6 Å². The molecule has 2 aliphatic rings. The predicted octanol–water partition coefficient (Wildman–Crippen LogP) is 6.57. The second-order valence-corrected chi connectivity index (χ2v) is 9.98. The lowest BCUT2D eigenvalue weighted by molar-refractivity contribution is -0.122. The molecule has 0 unspecified atom stereocenters. The van der Waals surface area contributed by atoms with Crippen LogP contribution < -0.4 is 9.64 Å². The Morgan fingerprint density at radius 1 is 0.941 bits per heavy atom. The highest BCUT2D eigenvalue weighted by Crippen LogP contribution is 2.51. The lowest BCUT2D eigenvalue weighted by Crippen LogP contribution is -2.29. The Bertz CT molecular complexity index is 1300. The van der Waals surface area contributed by atoms with E-state index in [9.17, 15) is 4.79 Å². The van der Waals surface area contributed by atoms with E-state index in [1.807, 2.05) is 73.7 Å². The Morgan fingerprint density at radius 2 is 1.71 bits per heavy atom. The van der Waals surface area contributed by atoms with Crippen molar-refractivity contribution in [2.45, 2.75) is 25.3 Å². The first-order valence-electron chi connectivity index (χ1n) is 11.1. The SMILES string of the molecule is CCN1/C(=C2/SC(=Nc3ccccc3C)N(Cc3ccccc3)C2=O)Sc2ccc(OC)cc21. The summed E-state index contributed by atoms with van der Waals surface area (Å²) in [7, 11) is 1.67. The summed E-state index contributed by atoms with van der Waals surface area (Å²) in [5.41, 5.74) is 4.09. The van der Waals surface area contributed by atoms with Gasteiger partial charge in [-0.25, -0.2) is 4.99 Å². The molecule has 0 spiro atoms. The number of hydrogen-bond donors (Lipinski definition) is 0. The minimum atomic E-state index is -0.0121. The van der Waals surface area contributed by atoms with Crippen LogP contribution in [0.3, 0.4) is 0 Å². The summed E-state index contributed by atoms with van der Waals surface area (Å²) < 4.78 is 5.44. The van der Waals surface area contributed by atoms with Crippen LogP contribution in [0.25, 0.3) is 0 Å². The summed E-state index contributed by atoms with van der Waals surface area (Å²) in [6.45, 7) is 5.37. The average molecular weight is 488 g/mol. The van der Waals surface area contributed by atoms with Crippen LogP contribution in [0, 0.1) is 6.92 Å². The van der Waals surface area contributed by atoms with Gasteiger partial charge in [0.25, 0.3) is 5.91 Å². The van der Waals surface area contributed by atoms with Crippen LogP contribution >= 0.6 is 23.5 Å². The molecular formula is C27H25N3O2S2. The number of benzene rings is 3. The highest BCUT2D eigenvalue weighted by atomic mass is 32.2. The van der Waals surface area contributed by atoms with Gasteiger partial charge in [0.15, 0.2) is 5.17 Å². The maximum absolute atomic E-state index is 13.8. The number of nitrogens with zero attached hydrogens (tertiary/aromatic N) is 3. The highest BCUT2D eigenvalue weighted by Gasteiger charge is 2.39. The number of ether oxygens (including phenoxy) is 1. The van der Waals surface area contributed by atoms with Gasteiger partial charge in [-0.15, -0.1) is 0 Å². The van der Waals surface area contributed by atoms with E-state index >= 15 is 0 Å². The van der Waals surface area contributed by atoms with Crippen LogP contribution in [0.5, 0.6) is 5.75 Å². The monoisotopic (exact) mass is 487 g/mol. The van der Waals surface area contributed by atoms with Crippen LogP contribution in [-0.4, -0.2) is 29.6 Å². The van der Waals surface area contributed by atoms with E-state index in [1.54, 1.807) is 23.8 Å². The van der Waals surface area contributed by atoms with E-state index in [4.69, 9.17) is 9.73 Å². The molecule has 2 heterocycles. The van der Waals surface area contributed by atoms with Gasteiger partial charge in [0.05, 0.1) is 25.0 Å². The number of amidine groups is 1. The molecule has 1 amide bonds. The molecule has 0 aromatic heterocycles. The zero-order chi connectivity index (χ0) is 23.7. The maximum Gasteiger partial charge on any atom is 0.269 e. The first-order valence-corrected chi connectivity index (χ1v) is 12.8. The number of thioether (sulfide) groups is 2. The summed E-state index contributed by atoms with van der Waals surface area (Å²) in [6, 6.07) is 24.1. The number of aliphatic imine (C=N–C) groups is 1. The largest absolute Gasteiger partial charge is 0.497 e. The van der Waals surface area contributed by atoms with E-state index in [0.717, 1.165) is 44.7 Å². The fourth-order valence-corrected chi connectivity index (χ4v) is 6.35. The topological polar surface area (TPSA) is 45.1 Å². The molecule has 5 rings (SSSR count). The van der Waals surface area contributed by atoms with E-state index in [-0.39, 0.29) is 5.91 Å². The fourth-order valence-electron chi connectivity index (χ4n) is 3.99. The summed E-state index contributed by atoms with van der Waals surface area (Å²) in [6.07, 6.45) is 0. The second-order valence-electron chi connectivity index (χ2n) is 7.97. The molecule has 172 valence electrons. The summed E-state index contributed by atoms with van der Waals surface area (Å²) in [4.78, 5) is 24.6. The molecule has 5 nitrogen and oxygen atoms in total. The number of amides is 1. The van der Waals surface area contributed by atoms with Crippen molar-refractivity contribution < 1.29 is 9.53 Å². The number of hydrogen-bond acceptors (Lipinski definition) is 6. The Labute approximate surface area is 208 Å². The van der Waals surface area contributed by atoms with Crippen LogP contribution in [0.1, 0.15) is 18.1 Å². The van der Waals surface area contributed by atoms with Crippen molar-refractivity contribution in [3.05, 3.63) is 93.9 Å². The molecule has 7 heteroatoms. The number of carbonyl (C=O) groups is 1. The standard InChI is InChI=1S/C27H25N3O2S2/c1-4-29-22-16-20(32-3)14-15-23(22)33-26(29)24-25(31)30(17-19-11-6-5-7-12-19)27(34-24)28-21-13-9-8-10-18(21)2/h5-16H,4,17H2,1-3H3/b26-24-,28-27?. The van der Waals surface area contributed by atoms with Crippen molar-refractivity contribution in [3.8, 4) is 5.75 Å². The molecule has 1 saturated heterocycles. The zero-order valence-corrected chi connectivity index (χ0v) is 21.0. The summed E-state index contributed by atoms with van der Waals surface area (Å²) >= 11 is 3.09. The lowest BCUT2D eigenvalue weighted by atomic mass is 10.2. The van der Waals surface area contributed by atoms with Gasteiger partial charge in [-0.3, -0.25) is 9.69 Å². The molecule has 3 aromatic rings. The van der Waals surface area contributed by atoms with Crippen molar-refractivity contribution in [1.29, 1.82) is 0 Å². The van der Waals surface area contributed by atoms with Gasteiger partial charge in [0.2, 0.25) is 0 Å². The van der Waals surface area contributed by atoms with Crippen LogP contribution in [0.2, 0.25) is 0 Å². The van der Waals surface area contributed by atoms with Gasteiger partial charge in [-0.1, -0.05) is 60.3 Å². The first kappa shape index (κ1) is 22.6. The van der Waals surface area contributed by atoms with Gasteiger partial charge in [0.1, 0.15) is 15.7 Å². The van der Waals surface area contributed by atoms with Gasteiger partial charge in [-0.05, 0) is 54.9 Å². The molecule has 0 radical (unpaired) electrons. The van der Waals surface area contributed by atoms with Crippen molar-refractivity contribution in [2.24, 2.45) is 4.99 Å². The number of carbonyl (C=O) groups excluding carboxylic acids is 1. The Kier molecular flexibility index (Phi) is 6.39. The highest BCUT2D eigenvalue weighted by molar-refractivity contribution is 8.19. The van der Waals surface area contributed by atoms with Crippen molar-refractivity contribution in [2.75, 3.05) is 18.6 Å². The third-order valence-corrected chi connectivity index (χ3v) is 8.18. The number of aryl methyl sites for hydroxylation is 1. The van der Waals surface area contributed by atoms with Crippen LogP contribution in [-0.2, 0) is 11.3 Å². The van der Waals surface area contributed by atoms with Crippen LogP contribution in [0.4, 0.5) is 11.4 Å². The number of para-hydroxylation sites is 1. The Balaban J connectivity index is 1.58. The molecule has 3 aromatic carbocycles. The maximum atomic E-state index is 13.8. The minimum Gasteiger partial charge on any atom is -0.497 e. The molecule has 0 saturated carbocycles. The van der Waals surface area contributed by atoms with Gasteiger partial charge in [0, 0.05) is 17.5 Å².